The Labute approximate surface area is 181 Å². The Kier molecular flexibility index (Phi) is 5.59. The Balaban J connectivity index is 1.53. The molecule has 0 saturated heterocycles. The second-order valence-corrected chi connectivity index (χ2v) is 7.87. The Morgan fingerprint density at radius 3 is 2.52 bits per heavy atom. The van der Waals surface area contributed by atoms with Crippen molar-refractivity contribution >= 4 is 11.7 Å². The van der Waals surface area contributed by atoms with E-state index in [1.807, 2.05) is 50.4 Å². The molecule has 1 N–H and O–H groups in total. The second kappa shape index (κ2) is 8.34. The zero-order valence-electron chi connectivity index (χ0n) is 18.2. The van der Waals surface area contributed by atoms with Crippen LogP contribution in [-0.4, -0.2) is 36.5 Å². The number of amides is 1. The van der Waals surface area contributed by atoms with E-state index in [2.05, 4.69) is 22.5 Å². The van der Waals surface area contributed by atoms with Crippen molar-refractivity contribution in [3.05, 3.63) is 65.9 Å². The summed E-state index contributed by atoms with van der Waals surface area (Å²) in [6, 6.07) is 17.4. The first-order valence-electron chi connectivity index (χ1n) is 10.2. The molecule has 31 heavy (non-hydrogen) atoms. The van der Waals surface area contributed by atoms with Gasteiger partial charge in [0.15, 0.2) is 17.3 Å². The number of methoxy groups -OCH3 is 2. The van der Waals surface area contributed by atoms with Gasteiger partial charge in [0.05, 0.1) is 26.7 Å². The van der Waals surface area contributed by atoms with Gasteiger partial charge in [-0.15, -0.1) is 0 Å². The lowest BCUT2D eigenvalue weighted by atomic mass is 9.93. The van der Waals surface area contributed by atoms with Crippen LogP contribution in [-0.2, 0) is 17.3 Å². The van der Waals surface area contributed by atoms with Crippen LogP contribution in [0.15, 0.2) is 54.6 Å². The number of aromatic nitrogens is 2. The van der Waals surface area contributed by atoms with E-state index in [-0.39, 0.29) is 17.2 Å². The molecule has 0 bridgehead atoms. The minimum absolute atomic E-state index is 0.0436. The minimum atomic E-state index is -0.387. The van der Waals surface area contributed by atoms with Crippen molar-refractivity contribution in [1.82, 2.24) is 9.78 Å². The molecule has 1 aliphatic carbocycles. The summed E-state index contributed by atoms with van der Waals surface area (Å²) in [4.78, 5) is 13.0. The predicted molar refractivity (Wildman–Crippen MR) is 118 cm³/mol. The third-order valence-corrected chi connectivity index (χ3v) is 5.96. The van der Waals surface area contributed by atoms with Gasteiger partial charge in [0.1, 0.15) is 5.75 Å². The number of hydrogen-bond donors (Lipinski definition) is 1. The van der Waals surface area contributed by atoms with E-state index < -0.39 is 0 Å². The molecule has 3 aromatic rings. The molecule has 0 radical (unpaired) electrons. The SMILES string of the molecule is COc1ccc(OCC2(c3ccccc3)CC2C(=O)Nc2cc(C)n(C)n2)cc1OC. The molecule has 2 atom stereocenters. The molecule has 1 amide bonds. The van der Waals surface area contributed by atoms with Crippen LogP contribution in [0.5, 0.6) is 17.2 Å². The average molecular weight is 421 g/mol. The molecule has 0 aliphatic heterocycles. The summed E-state index contributed by atoms with van der Waals surface area (Å²) in [5, 5.41) is 7.30. The van der Waals surface area contributed by atoms with Crippen molar-refractivity contribution in [1.29, 1.82) is 0 Å². The number of carbonyl (C=O) groups is 1. The maximum absolute atomic E-state index is 13.0. The van der Waals surface area contributed by atoms with E-state index in [9.17, 15) is 4.79 Å². The van der Waals surface area contributed by atoms with Crippen molar-refractivity contribution in [3.63, 3.8) is 0 Å². The second-order valence-electron chi connectivity index (χ2n) is 7.87. The maximum atomic E-state index is 13.0. The molecular formula is C24H27N3O4. The zero-order valence-corrected chi connectivity index (χ0v) is 18.2. The summed E-state index contributed by atoms with van der Waals surface area (Å²) in [5.41, 5.74) is 1.69. The van der Waals surface area contributed by atoms with Gasteiger partial charge in [0, 0.05) is 30.3 Å². The molecule has 7 nitrogen and oxygen atoms in total. The van der Waals surface area contributed by atoms with Gasteiger partial charge in [0.2, 0.25) is 5.91 Å². The van der Waals surface area contributed by atoms with Gasteiger partial charge in [-0.2, -0.15) is 5.10 Å². The Morgan fingerprint density at radius 1 is 1.13 bits per heavy atom. The van der Waals surface area contributed by atoms with Gasteiger partial charge < -0.3 is 19.5 Å². The van der Waals surface area contributed by atoms with Gasteiger partial charge >= 0.3 is 0 Å². The summed E-state index contributed by atoms with van der Waals surface area (Å²) in [7, 11) is 5.04. The number of nitrogens with zero attached hydrogens (tertiary/aromatic N) is 2. The molecule has 1 aromatic heterocycles. The van der Waals surface area contributed by atoms with Crippen LogP contribution in [0.4, 0.5) is 5.82 Å². The highest BCUT2D eigenvalue weighted by Gasteiger charge is 2.60. The van der Waals surface area contributed by atoms with Crippen LogP contribution < -0.4 is 19.5 Å². The molecule has 1 saturated carbocycles. The fourth-order valence-electron chi connectivity index (χ4n) is 3.93. The number of anilines is 1. The third-order valence-electron chi connectivity index (χ3n) is 5.96. The number of nitrogens with one attached hydrogen (secondary N) is 1. The highest BCUT2D eigenvalue weighted by molar-refractivity contribution is 5.95. The number of ether oxygens (including phenoxy) is 3. The van der Waals surface area contributed by atoms with Crippen molar-refractivity contribution in [2.75, 3.05) is 26.1 Å². The first-order valence-corrected chi connectivity index (χ1v) is 10.2. The first-order chi connectivity index (χ1) is 15.0. The van der Waals surface area contributed by atoms with Crippen LogP contribution in [0.2, 0.25) is 0 Å². The van der Waals surface area contributed by atoms with Crippen LogP contribution in [0.1, 0.15) is 17.7 Å². The summed E-state index contributed by atoms with van der Waals surface area (Å²) in [6.45, 7) is 2.33. The number of aryl methyl sites for hydroxylation is 2. The standard InChI is InChI=1S/C24H27N3O4/c1-16-12-22(26-27(16)2)25-23(28)19-14-24(19,17-8-6-5-7-9-17)15-31-18-10-11-20(29-3)21(13-18)30-4/h5-13,19H,14-15H2,1-4H3,(H,25,26,28). The van der Waals surface area contributed by atoms with E-state index in [1.165, 1.54) is 0 Å². The van der Waals surface area contributed by atoms with Gasteiger partial charge in [-0.25, -0.2) is 0 Å². The fourth-order valence-corrected chi connectivity index (χ4v) is 3.93. The topological polar surface area (TPSA) is 74.6 Å². The normalized spacial score (nSPS) is 19.5. The van der Waals surface area contributed by atoms with E-state index in [1.54, 1.807) is 25.0 Å². The van der Waals surface area contributed by atoms with Crippen LogP contribution in [0.25, 0.3) is 0 Å². The number of benzene rings is 2. The van der Waals surface area contributed by atoms with Gasteiger partial charge in [0.25, 0.3) is 0 Å². The lowest BCUT2D eigenvalue weighted by molar-refractivity contribution is -0.117. The van der Waals surface area contributed by atoms with Crippen LogP contribution in [0.3, 0.4) is 0 Å². The van der Waals surface area contributed by atoms with Gasteiger partial charge in [-0.1, -0.05) is 30.3 Å². The number of rotatable bonds is 8. The molecule has 1 fully saturated rings. The molecular weight excluding hydrogens is 394 g/mol. The summed E-state index contributed by atoms with van der Waals surface area (Å²) in [5.74, 6) is 2.24. The first kappa shape index (κ1) is 20.8. The molecule has 0 spiro atoms. The van der Waals surface area contributed by atoms with Gasteiger partial charge in [-0.05, 0) is 31.0 Å². The highest BCUT2D eigenvalue weighted by Crippen LogP contribution is 2.55. The minimum Gasteiger partial charge on any atom is -0.493 e. The highest BCUT2D eigenvalue weighted by atomic mass is 16.5. The molecule has 2 aromatic carbocycles. The average Bonchev–Trinajstić information content (AvgIpc) is 3.45. The molecule has 1 heterocycles. The van der Waals surface area contributed by atoms with E-state index in [4.69, 9.17) is 14.2 Å². The summed E-state index contributed by atoms with van der Waals surface area (Å²) >= 11 is 0. The molecule has 4 rings (SSSR count). The molecule has 1 aliphatic rings. The van der Waals surface area contributed by atoms with Crippen molar-refractivity contribution < 1.29 is 19.0 Å². The van der Waals surface area contributed by atoms with E-state index >= 15 is 0 Å². The molecule has 2 unspecified atom stereocenters. The molecule has 7 heteroatoms. The van der Waals surface area contributed by atoms with Gasteiger partial charge in [-0.3, -0.25) is 9.48 Å². The Hall–Kier alpha value is -3.48. The molecule has 162 valence electrons. The smallest absolute Gasteiger partial charge is 0.229 e. The summed E-state index contributed by atoms with van der Waals surface area (Å²) in [6.07, 6.45) is 0.710. The predicted octanol–water partition coefficient (Wildman–Crippen LogP) is 3.72. The van der Waals surface area contributed by atoms with E-state index in [0.29, 0.717) is 36.1 Å². The zero-order chi connectivity index (χ0) is 22.0. The summed E-state index contributed by atoms with van der Waals surface area (Å²) < 4.78 is 18.6. The lowest BCUT2D eigenvalue weighted by Crippen LogP contribution is -2.26. The Morgan fingerprint density at radius 2 is 1.87 bits per heavy atom. The largest absolute Gasteiger partial charge is 0.493 e. The Bertz CT molecular complexity index is 1060. The van der Waals surface area contributed by atoms with Crippen LogP contribution in [0, 0.1) is 12.8 Å². The van der Waals surface area contributed by atoms with Crippen molar-refractivity contribution in [3.8, 4) is 17.2 Å². The van der Waals surface area contributed by atoms with E-state index in [0.717, 1.165) is 11.3 Å². The van der Waals surface area contributed by atoms with Crippen molar-refractivity contribution in [2.45, 2.75) is 18.8 Å². The maximum Gasteiger partial charge on any atom is 0.229 e. The third kappa shape index (κ3) is 4.08. The fraction of sp³-hybridized carbons (Fsp3) is 0.333. The number of carbonyl (C=O) groups excluding carboxylic acids is 1. The lowest BCUT2D eigenvalue weighted by Gasteiger charge is -2.19. The van der Waals surface area contributed by atoms with Crippen LogP contribution >= 0.6 is 0 Å². The van der Waals surface area contributed by atoms with Crippen molar-refractivity contribution in [2.24, 2.45) is 13.0 Å². The number of hydrogen-bond acceptors (Lipinski definition) is 5. The quantitative estimate of drug-likeness (QED) is 0.600. The monoisotopic (exact) mass is 421 g/mol.